The van der Waals surface area contributed by atoms with E-state index in [1.807, 2.05) is 0 Å². The van der Waals surface area contributed by atoms with Crippen molar-refractivity contribution in [1.29, 1.82) is 0 Å². The van der Waals surface area contributed by atoms with E-state index < -0.39 is 54.6 Å². The molecule has 45 heavy (non-hydrogen) atoms. The number of carboxylic acids is 1. The van der Waals surface area contributed by atoms with Crippen LogP contribution in [0, 0.1) is 56.2 Å². The molecule has 5 aliphatic carbocycles. The van der Waals surface area contributed by atoms with Gasteiger partial charge in [0.25, 0.3) is 0 Å². The zero-order chi connectivity index (χ0) is 33.1. The molecular weight excluding hydrogens is 572 g/mol. The second kappa shape index (κ2) is 10.7. The molecule has 5 fully saturated rings. The van der Waals surface area contributed by atoms with Gasteiger partial charge in [0.1, 0.15) is 30.5 Å². The smallest absolute Gasteiger partial charge is 0.310 e. The maximum absolute atomic E-state index is 13.0. The lowest BCUT2D eigenvalue weighted by Crippen LogP contribution is -2.67. The maximum Gasteiger partial charge on any atom is 0.310 e. The molecule has 6 N–H and O–H groups in total. The molecule has 0 radical (unpaired) electrons. The molecule has 256 valence electrons. The molecule has 0 aromatic heterocycles. The van der Waals surface area contributed by atoms with Crippen LogP contribution in [0.1, 0.15) is 113 Å². The van der Waals surface area contributed by atoms with Gasteiger partial charge in [-0.05, 0) is 115 Å². The second-order valence-electron chi connectivity index (χ2n) is 18.4. The summed E-state index contributed by atoms with van der Waals surface area (Å²) in [5, 5.41) is 63.8. The van der Waals surface area contributed by atoms with Gasteiger partial charge in [0.05, 0.1) is 18.1 Å². The Balaban J connectivity index is 1.31. The SMILES string of the molecule is CC1(C)CC[C@]2(C(=O)O)CC[C@]3(C)C(=CCC4[C@@]5(C)CC[C@H]([C@H](O)[C@@H]6OC(CO)[C@H](O)C(O)[C@@H]6O)C(C)(C)C5CC[C@]43C)C2C1. The van der Waals surface area contributed by atoms with Crippen LogP contribution in [0.5, 0.6) is 0 Å². The average molecular weight is 633 g/mol. The van der Waals surface area contributed by atoms with E-state index in [2.05, 4.69) is 54.5 Å². The number of carboxylic acid groups (broad SMARTS) is 1. The fourth-order valence-electron chi connectivity index (χ4n) is 12.9. The number of hydrogen-bond donors (Lipinski definition) is 6. The van der Waals surface area contributed by atoms with Gasteiger partial charge in [0, 0.05) is 0 Å². The molecule has 8 heteroatoms. The molecule has 1 aliphatic heterocycles. The van der Waals surface area contributed by atoms with Gasteiger partial charge in [-0.25, -0.2) is 0 Å². The largest absolute Gasteiger partial charge is 0.481 e. The molecule has 14 atom stereocenters. The number of carbonyl (C=O) groups is 1. The first-order valence-corrected chi connectivity index (χ1v) is 17.7. The molecule has 4 saturated carbocycles. The molecule has 0 aromatic carbocycles. The van der Waals surface area contributed by atoms with Crippen molar-refractivity contribution < 1.29 is 40.2 Å². The second-order valence-corrected chi connectivity index (χ2v) is 18.4. The number of ether oxygens (including phenoxy) is 1. The standard InChI is InChI=1S/C37H60O8/c1-32(2)14-16-37(31(43)44)17-15-35(6)20(22(37)18-32)8-9-25-34(5)12-10-21(33(3,4)24(34)11-13-36(25,35)7)26(39)30-29(42)28(41)27(40)23(19-38)45-30/h8,21-30,38-42H,9-19H2,1-7H3,(H,43,44)/t21-,22?,23?,24?,25?,26+,27+,28?,29+,30+,34+,35-,36-,37+/m1/s1. The third-order valence-corrected chi connectivity index (χ3v) is 15.9. The predicted octanol–water partition coefficient (Wildman–Crippen LogP) is 4.69. The van der Waals surface area contributed by atoms with E-state index in [0.717, 1.165) is 64.2 Å². The molecule has 0 bridgehead atoms. The number of hydrogen-bond acceptors (Lipinski definition) is 7. The van der Waals surface area contributed by atoms with E-state index in [4.69, 9.17) is 4.74 Å². The number of aliphatic hydroxyl groups is 5. The third kappa shape index (κ3) is 4.55. The van der Waals surface area contributed by atoms with E-state index >= 15 is 0 Å². The highest BCUT2D eigenvalue weighted by Gasteiger charge is 2.70. The Morgan fingerprint density at radius 1 is 0.889 bits per heavy atom. The van der Waals surface area contributed by atoms with Gasteiger partial charge >= 0.3 is 5.97 Å². The van der Waals surface area contributed by atoms with Crippen molar-refractivity contribution in [1.82, 2.24) is 0 Å². The molecule has 1 heterocycles. The highest BCUT2D eigenvalue weighted by molar-refractivity contribution is 5.76. The van der Waals surface area contributed by atoms with Crippen molar-refractivity contribution in [2.75, 3.05) is 6.61 Å². The Hall–Kier alpha value is -1.03. The Bertz CT molecular complexity index is 1210. The molecule has 8 nitrogen and oxygen atoms in total. The summed E-state index contributed by atoms with van der Waals surface area (Å²) in [6.45, 7) is 16.0. The first-order valence-electron chi connectivity index (χ1n) is 17.7. The van der Waals surface area contributed by atoms with Gasteiger partial charge < -0.3 is 35.4 Å². The minimum absolute atomic E-state index is 0.0142. The number of aliphatic carboxylic acids is 1. The van der Waals surface area contributed by atoms with Crippen molar-refractivity contribution in [3.63, 3.8) is 0 Å². The summed E-state index contributed by atoms with van der Waals surface area (Å²) in [6, 6.07) is 0. The van der Waals surface area contributed by atoms with Crippen molar-refractivity contribution in [2.45, 2.75) is 149 Å². The van der Waals surface area contributed by atoms with E-state index in [9.17, 15) is 35.4 Å². The number of fused-ring (bicyclic) bond motifs is 7. The number of rotatable bonds is 4. The highest BCUT2D eigenvalue weighted by atomic mass is 16.6. The van der Waals surface area contributed by atoms with Gasteiger partial charge in [-0.15, -0.1) is 0 Å². The van der Waals surface area contributed by atoms with Gasteiger partial charge in [0.2, 0.25) is 0 Å². The van der Waals surface area contributed by atoms with Crippen LogP contribution in [0.2, 0.25) is 0 Å². The van der Waals surface area contributed by atoms with Gasteiger partial charge in [0.15, 0.2) is 0 Å². The normalized spacial score (nSPS) is 52.7. The number of aliphatic hydroxyl groups excluding tert-OH is 5. The summed E-state index contributed by atoms with van der Waals surface area (Å²) in [5.74, 6) is 0.0295. The first kappa shape index (κ1) is 33.9. The Morgan fingerprint density at radius 3 is 2.20 bits per heavy atom. The van der Waals surface area contributed by atoms with Crippen LogP contribution in [0.4, 0.5) is 0 Å². The summed E-state index contributed by atoms with van der Waals surface area (Å²) in [6.07, 6.45) is 3.91. The molecule has 1 saturated heterocycles. The van der Waals surface area contributed by atoms with E-state index in [1.54, 1.807) is 0 Å². The summed E-state index contributed by atoms with van der Waals surface area (Å²) >= 11 is 0. The van der Waals surface area contributed by atoms with Crippen molar-refractivity contribution in [2.24, 2.45) is 56.2 Å². The Labute approximate surface area is 269 Å². The highest BCUT2D eigenvalue weighted by Crippen LogP contribution is 2.76. The summed E-state index contributed by atoms with van der Waals surface area (Å²) < 4.78 is 5.85. The Morgan fingerprint density at radius 2 is 1.56 bits per heavy atom. The summed E-state index contributed by atoms with van der Waals surface area (Å²) in [7, 11) is 0. The van der Waals surface area contributed by atoms with Gasteiger partial charge in [-0.2, -0.15) is 0 Å². The molecule has 0 spiro atoms. The number of allylic oxidation sites excluding steroid dienone is 2. The fourth-order valence-corrected chi connectivity index (χ4v) is 12.9. The molecule has 6 aliphatic rings. The lowest BCUT2D eigenvalue weighted by molar-refractivity contribution is -0.267. The van der Waals surface area contributed by atoms with E-state index in [1.165, 1.54) is 5.57 Å². The van der Waals surface area contributed by atoms with Crippen molar-refractivity contribution in [3.05, 3.63) is 11.6 Å². The summed E-state index contributed by atoms with van der Waals surface area (Å²) in [5.41, 5.74) is 0.609. The molecule has 0 amide bonds. The van der Waals surface area contributed by atoms with Crippen LogP contribution >= 0.6 is 0 Å². The topological polar surface area (TPSA) is 148 Å². The molecule has 5 unspecified atom stereocenters. The molecule has 6 rings (SSSR count). The van der Waals surface area contributed by atoms with Crippen molar-refractivity contribution in [3.8, 4) is 0 Å². The van der Waals surface area contributed by atoms with Crippen LogP contribution in [0.25, 0.3) is 0 Å². The monoisotopic (exact) mass is 632 g/mol. The lowest BCUT2D eigenvalue weighted by atomic mass is 9.33. The lowest BCUT2D eigenvalue weighted by Gasteiger charge is -2.71. The third-order valence-electron chi connectivity index (χ3n) is 15.9. The zero-order valence-electron chi connectivity index (χ0n) is 28.6. The van der Waals surface area contributed by atoms with Gasteiger partial charge in [-0.1, -0.05) is 60.1 Å². The molecular formula is C37H60O8. The minimum atomic E-state index is -1.50. The average Bonchev–Trinajstić information content (AvgIpc) is 2.95. The fraction of sp³-hybridized carbons (Fsp3) is 0.919. The van der Waals surface area contributed by atoms with Crippen molar-refractivity contribution >= 4 is 5.97 Å². The molecule has 0 aromatic rings. The van der Waals surface area contributed by atoms with Crippen LogP contribution in [0.15, 0.2) is 11.6 Å². The van der Waals surface area contributed by atoms with E-state index in [0.29, 0.717) is 11.8 Å². The van der Waals surface area contributed by atoms with Crippen LogP contribution < -0.4 is 0 Å². The predicted molar refractivity (Wildman–Crippen MR) is 170 cm³/mol. The maximum atomic E-state index is 13.0. The Kier molecular flexibility index (Phi) is 8.08. The van der Waals surface area contributed by atoms with Crippen LogP contribution in [-0.4, -0.2) is 79.8 Å². The van der Waals surface area contributed by atoms with Crippen LogP contribution in [-0.2, 0) is 9.53 Å². The zero-order valence-corrected chi connectivity index (χ0v) is 28.6. The van der Waals surface area contributed by atoms with Gasteiger partial charge in [-0.3, -0.25) is 4.79 Å². The first-order chi connectivity index (χ1) is 20.8. The summed E-state index contributed by atoms with van der Waals surface area (Å²) in [4.78, 5) is 13.0. The van der Waals surface area contributed by atoms with Crippen LogP contribution in [0.3, 0.4) is 0 Å². The van der Waals surface area contributed by atoms with E-state index in [-0.39, 0.29) is 38.9 Å². The minimum Gasteiger partial charge on any atom is -0.481 e. The quantitative estimate of drug-likeness (QED) is 0.245.